The minimum absolute atomic E-state index is 0.00171. The molecule has 1 heterocycles. The normalized spacial score (nSPS) is 15.1. The summed E-state index contributed by atoms with van der Waals surface area (Å²) in [4.78, 5) is 26.4. The van der Waals surface area contributed by atoms with Crippen LogP contribution in [0.5, 0.6) is 5.75 Å². The van der Waals surface area contributed by atoms with E-state index in [0.717, 1.165) is 38.2 Å². The van der Waals surface area contributed by atoms with Crippen LogP contribution < -0.4 is 10.1 Å². The number of nitrogens with one attached hydrogen (secondary N) is 1. The summed E-state index contributed by atoms with van der Waals surface area (Å²) in [5.41, 5.74) is 2.37. The van der Waals surface area contributed by atoms with Gasteiger partial charge in [0.1, 0.15) is 5.75 Å². The number of piperidine rings is 1. The molecule has 1 saturated heterocycles. The molecule has 2 aromatic carbocycles. The van der Waals surface area contributed by atoms with Crippen LogP contribution in [0, 0.1) is 5.92 Å². The Balaban J connectivity index is 1.48. The number of esters is 1. The first-order chi connectivity index (χ1) is 13.6. The molecule has 148 valence electrons. The third kappa shape index (κ3) is 5.10. The van der Waals surface area contributed by atoms with Crippen molar-refractivity contribution in [2.45, 2.75) is 19.4 Å². The van der Waals surface area contributed by atoms with Gasteiger partial charge >= 0.3 is 5.97 Å². The van der Waals surface area contributed by atoms with Gasteiger partial charge in [0.25, 0.3) is 0 Å². The fourth-order valence-electron chi connectivity index (χ4n) is 3.43. The fraction of sp³-hybridized carbons (Fsp3) is 0.364. The van der Waals surface area contributed by atoms with Crippen LogP contribution in [0.2, 0.25) is 0 Å². The first-order valence-electron chi connectivity index (χ1n) is 9.43. The largest absolute Gasteiger partial charge is 0.497 e. The SMILES string of the molecule is COC(=O)c1ccc(NC(=O)C2CCN(Cc3cccc(OC)c3)CC2)cc1. The zero-order chi connectivity index (χ0) is 19.9. The highest BCUT2D eigenvalue weighted by Crippen LogP contribution is 2.22. The van der Waals surface area contributed by atoms with E-state index in [1.54, 1.807) is 31.4 Å². The maximum absolute atomic E-state index is 12.6. The van der Waals surface area contributed by atoms with E-state index >= 15 is 0 Å². The average Bonchev–Trinajstić information content (AvgIpc) is 2.74. The number of amides is 1. The van der Waals surface area contributed by atoms with Crippen LogP contribution >= 0.6 is 0 Å². The molecule has 0 bridgehead atoms. The molecule has 0 radical (unpaired) electrons. The first-order valence-corrected chi connectivity index (χ1v) is 9.43. The summed E-state index contributed by atoms with van der Waals surface area (Å²) in [5, 5.41) is 2.95. The third-order valence-corrected chi connectivity index (χ3v) is 5.07. The highest BCUT2D eigenvalue weighted by molar-refractivity contribution is 5.94. The van der Waals surface area contributed by atoms with Gasteiger partial charge in [-0.1, -0.05) is 12.1 Å². The van der Waals surface area contributed by atoms with Gasteiger partial charge in [0.2, 0.25) is 5.91 Å². The highest BCUT2D eigenvalue weighted by Gasteiger charge is 2.25. The van der Waals surface area contributed by atoms with Gasteiger partial charge in [-0.3, -0.25) is 9.69 Å². The topological polar surface area (TPSA) is 67.9 Å². The van der Waals surface area contributed by atoms with E-state index in [4.69, 9.17) is 4.74 Å². The summed E-state index contributed by atoms with van der Waals surface area (Å²) < 4.78 is 9.96. The molecule has 0 spiro atoms. The first kappa shape index (κ1) is 19.9. The number of nitrogens with zero attached hydrogens (tertiary/aromatic N) is 1. The van der Waals surface area contributed by atoms with Gasteiger partial charge in [-0.05, 0) is 67.9 Å². The molecule has 0 aliphatic carbocycles. The van der Waals surface area contributed by atoms with Crippen molar-refractivity contribution in [3.8, 4) is 5.75 Å². The second-order valence-electron chi connectivity index (χ2n) is 6.96. The van der Waals surface area contributed by atoms with Crippen LogP contribution in [0.25, 0.3) is 0 Å². The molecular formula is C22H26N2O4. The molecule has 1 fully saturated rings. The number of rotatable bonds is 6. The molecule has 0 saturated carbocycles. The van der Waals surface area contributed by atoms with E-state index < -0.39 is 0 Å². The molecule has 0 unspecified atom stereocenters. The van der Waals surface area contributed by atoms with Crippen molar-refractivity contribution >= 4 is 17.6 Å². The molecule has 1 aliphatic rings. The van der Waals surface area contributed by atoms with Gasteiger partial charge in [-0.25, -0.2) is 4.79 Å². The third-order valence-electron chi connectivity index (χ3n) is 5.07. The lowest BCUT2D eigenvalue weighted by atomic mass is 9.95. The van der Waals surface area contributed by atoms with Crippen molar-refractivity contribution in [2.75, 3.05) is 32.6 Å². The van der Waals surface area contributed by atoms with Crippen LogP contribution in [0.1, 0.15) is 28.8 Å². The smallest absolute Gasteiger partial charge is 0.337 e. The standard InChI is InChI=1S/C22H26N2O4/c1-27-20-5-3-4-16(14-20)15-24-12-10-17(11-13-24)21(25)23-19-8-6-18(7-9-19)22(26)28-2/h3-9,14,17H,10-13,15H2,1-2H3,(H,23,25). The quantitative estimate of drug-likeness (QED) is 0.776. The molecule has 3 rings (SSSR count). The Morgan fingerprint density at radius 2 is 1.79 bits per heavy atom. The molecule has 0 atom stereocenters. The van der Waals surface area contributed by atoms with Crippen LogP contribution in [0.4, 0.5) is 5.69 Å². The molecule has 28 heavy (non-hydrogen) atoms. The number of likely N-dealkylation sites (tertiary alicyclic amines) is 1. The van der Waals surface area contributed by atoms with Crippen LogP contribution in [-0.2, 0) is 16.1 Å². The zero-order valence-electron chi connectivity index (χ0n) is 16.3. The van der Waals surface area contributed by atoms with Crippen molar-refractivity contribution < 1.29 is 19.1 Å². The Kier molecular flexibility index (Phi) is 6.66. The summed E-state index contributed by atoms with van der Waals surface area (Å²) >= 11 is 0. The van der Waals surface area contributed by atoms with E-state index in [2.05, 4.69) is 27.1 Å². The molecule has 1 amide bonds. The Morgan fingerprint density at radius 3 is 2.43 bits per heavy atom. The van der Waals surface area contributed by atoms with Gasteiger partial charge in [0.05, 0.1) is 19.8 Å². The van der Waals surface area contributed by atoms with Crippen LogP contribution in [0.15, 0.2) is 48.5 Å². The number of methoxy groups -OCH3 is 2. The van der Waals surface area contributed by atoms with Crippen molar-refractivity contribution in [1.29, 1.82) is 0 Å². The number of benzene rings is 2. The zero-order valence-corrected chi connectivity index (χ0v) is 16.3. The van der Waals surface area contributed by atoms with E-state index in [1.165, 1.54) is 12.7 Å². The lowest BCUT2D eigenvalue weighted by Gasteiger charge is -2.31. The predicted molar refractivity (Wildman–Crippen MR) is 107 cm³/mol. The van der Waals surface area contributed by atoms with Gasteiger partial charge in [0, 0.05) is 18.2 Å². The molecular weight excluding hydrogens is 356 g/mol. The molecule has 0 aromatic heterocycles. The van der Waals surface area contributed by atoms with Gasteiger partial charge in [-0.2, -0.15) is 0 Å². The van der Waals surface area contributed by atoms with Gasteiger partial charge in [0.15, 0.2) is 0 Å². The Labute approximate surface area is 165 Å². The van der Waals surface area contributed by atoms with Crippen molar-refractivity contribution in [1.82, 2.24) is 4.90 Å². The number of hydrogen-bond acceptors (Lipinski definition) is 5. The van der Waals surface area contributed by atoms with Crippen LogP contribution in [0.3, 0.4) is 0 Å². The van der Waals surface area contributed by atoms with Crippen molar-refractivity contribution in [2.24, 2.45) is 5.92 Å². The summed E-state index contributed by atoms with van der Waals surface area (Å²) in [5.74, 6) is 0.514. The summed E-state index contributed by atoms with van der Waals surface area (Å²) in [6, 6.07) is 14.8. The Morgan fingerprint density at radius 1 is 1.07 bits per heavy atom. The number of carbonyl (C=O) groups is 2. The van der Waals surface area contributed by atoms with Crippen LogP contribution in [-0.4, -0.2) is 44.1 Å². The second kappa shape index (κ2) is 9.37. The predicted octanol–water partition coefficient (Wildman–Crippen LogP) is 3.33. The van der Waals surface area contributed by atoms with Crippen molar-refractivity contribution in [3.63, 3.8) is 0 Å². The van der Waals surface area contributed by atoms with E-state index in [0.29, 0.717) is 11.3 Å². The number of carbonyl (C=O) groups excluding carboxylic acids is 2. The molecule has 1 N–H and O–H groups in total. The lowest BCUT2D eigenvalue weighted by molar-refractivity contribution is -0.121. The maximum atomic E-state index is 12.6. The molecule has 2 aromatic rings. The number of hydrogen-bond donors (Lipinski definition) is 1. The highest BCUT2D eigenvalue weighted by atomic mass is 16.5. The monoisotopic (exact) mass is 382 g/mol. The summed E-state index contributed by atoms with van der Waals surface area (Å²) in [6.45, 7) is 2.63. The molecule has 6 heteroatoms. The van der Waals surface area contributed by atoms with Crippen molar-refractivity contribution in [3.05, 3.63) is 59.7 Å². The fourth-order valence-corrected chi connectivity index (χ4v) is 3.43. The summed E-state index contributed by atoms with van der Waals surface area (Å²) in [7, 11) is 3.02. The summed E-state index contributed by atoms with van der Waals surface area (Å²) in [6.07, 6.45) is 1.66. The minimum atomic E-state index is -0.388. The minimum Gasteiger partial charge on any atom is -0.497 e. The molecule has 1 aliphatic heterocycles. The Bertz CT molecular complexity index is 812. The van der Waals surface area contributed by atoms with E-state index in [1.807, 2.05) is 12.1 Å². The maximum Gasteiger partial charge on any atom is 0.337 e. The Hall–Kier alpha value is -2.86. The number of ether oxygens (including phenoxy) is 2. The van der Waals surface area contributed by atoms with Gasteiger partial charge in [-0.15, -0.1) is 0 Å². The van der Waals surface area contributed by atoms with E-state index in [9.17, 15) is 9.59 Å². The number of anilines is 1. The molecule has 6 nitrogen and oxygen atoms in total. The average molecular weight is 382 g/mol. The second-order valence-corrected chi connectivity index (χ2v) is 6.96. The van der Waals surface area contributed by atoms with E-state index in [-0.39, 0.29) is 17.8 Å². The lowest BCUT2D eigenvalue weighted by Crippen LogP contribution is -2.37. The van der Waals surface area contributed by atoms with Gasteiger partial charge < -0.3 is 14.8 Å².